The molecule has 0 aromatic heterocycles. The van der Waals surface area contributed by atoms with E-state index in [0.717, 1.165) is 24.3 Å². The highest BCUT2D eigenvalue weighted by molar-refractivity contribution is 7.86. The lowest BCUT2D eigenvalue weighted by atomic mass is 10.1. The summed E-state index contributed by atoms with van der Waals surface area (Å²) in [6, 6.07) is 6.98. The van der Waals surface area contributed by atoms with Crippen LogP contribution in [0.5, 0.6) is 0 Å². The van der Waals surface area contributed by atoms with Gasteiger partial charge in [-0.05, 0) is 36.4 Å². The number of anilines is 2. The fraction of sp³-hybridized carbons (Fsp3) is 0.0625. The van der Waals surface area contributed by atoms with Gasteiger partial charge < -0.3 is 15.7 Å². The third-order valence-corrected chi connectivity index (χ3v) is 6.15. The number of rotatable bonds is 2. The fourth-order valence-electron chi connectivity index (χ4n) is 3.11. The van der Waals surface area contributed by atoms with Crippen LogP contribution in [0.1, 0.15) is 22.0 Å². The molecule has 28 heavy (non-hydrogen) atoms. The van der Waals surface area contributed by atoms with Gasteiger partial charge in [-0.1, -0.05) is 0 Å². The molecule has 1 unspecified atom stereocenters. The van der Waals surface area contributed by atoms with E-state index in [2.05, 4.69) is 10.6 Å². The number of aliphatic hydroxyl groups excluding tert-OH is 1. The largest absolute Gasteiger partial charge is 0.382 e. The molecule has 2 aliphatic heterocycles. The van der Waals surface area contributed by atoms with Crippen LogP contribution in [-0.4, -0.2) is 36.8 Å². The molecule has 5 N–H and O–H groups in total. The zero-order chi connectivity index (χ0) is 20.4. The smallest absolute Gasteiger partial charge is 0.294 e. The molecule has 0 amide bonds. The summed E-state index contributed by atoms with van der Waals surface area (Å²) in [7, 11) is -8.97. The number of aliphatic hydroxyl groups is 1. The van der Waals surface area contributed by atoms with Crippen LogP contribution in [0.2, 0.25) is 0 Å². The molecule has 4 rings (SSSR count). The summed E-state index contributed by atoms with van der Waals surface area (Å²) in [5.41, 5.74) is 0.731. The Morgan fingerprint density at radius 3 is 2.00 bits per heavy atom. The van der Waals surface area contributed by atoms with Crippen LogP contribution in [-0.2, 0) is 20.2 Å². The first-order chi connectivity index (χ1) is 13.0. The second kappa shape index (κ2) is 5.86. The zero-order valence-corrected chi connectivity index (χ0v) is 15.4. The highest BCUT2D eigenvalue weighted by atomic mass is 32.2. The molecule has 146 valence electrons. The number of carbonyl (C=O) groups is 1. The Balaban J connectivity index is 1.77. The number of Topliss-reactive ketones (excluding diaryl/α,β-unsaturated/α-hetero) is 1. The van der Waals surface area contributed by atoms with Crippen LogP contribution < -0.4 is 10.6 Å². The Morgan fingerprint density at radius 1 is 0.821 bits per heavy atom. The van der Waals surface area contributed by atoms with Crippen molar-refractivity contribution in [1.29, 1.82) is 0 Å². The number of nitrogens with one attached hydrogen (secondary N) is 2. The third-order valence-electron chi connectivity index (χ3n) is 4.45. The molecule has 0 radical (unpaired) electrons. The molecular weight excluding hydrogens is 412 g/mol. The van der Waals surface area contributed by atoms with Gasteiger partial charge in [0.1, 0.15) is 11.8 Å². The number of hydrogen-bond acceptors (Lipinski definition) is 8. The van der Waals surface area contributed by atoms with E-state index in [0.29, 0.717) is 5.69 Å². The van der Waals surface area contributed by atoms with Crippen LogP contribution >= 0.6 is 0 Å². The first-order valence-electron chi connectivity index (χ1n) is 7.71. The molecule has 10 nitrogen and oxygen atoms in total. The van der Waals surface area contributed by atoms with Gasteiger partial charge in [-0.25, -0.2) is 0 Å². The summed E-state index contributed by atoms with van der Waals surface area (Å²) in [5, 5.41) is 16.1. The van der Waals surface area contributed by atoms with Gasteiger partial charge in [-0.2, -0.15) is 16.8 Å². The monoisotopic (exact) mass is 424 g/mol. The van der Waals surface area contributed by atoms with E-state index in [9.17, 15) is 26.7 Å². The van der Waals surface area contributed by atoms with Crippen molar-refractivity contribution in [3.63, 3.8) is 0 Å². The maximum atomic E-state index is 12.7. The SMILES string of the molecule is O=C1C(=C2Nc3ccc(S(=O)(=O)O)cc3C2O)Nc2ccc(S(=O)(=O)O)cc21. The standard InChI is InChI=1S/C16H12N2O8S2/c19-15-9-5-7(27(21,22)23)1-3-11(9)17-13(15)14-16(20)10-6-8(28(24,25)26)2-4-12(10)18-14/h1-6,15,17-19H,(H,21,22,23)(H,24,25,26). The van der Waals surface area contributed by atoms with Crippen molar-refractivity contribution in [2.24, 2.45) is 0 Å². The lowest BCUT2D eigenvalue weighted by Crippen LogP contribution is -2.12. The highest BCUT2D eigenvalue weighted by Crippen LogP contribution is 2.42. The number of hydrogen-bond donors (Lipinski definition) is 5. The lowest BCUT2D eigenvalue weighted by molar-refractivity contribution is 0.103. The fourth-order valence-corrected chi connectivity index (χ4v) is 4.13. The van der Waals surface area contributed by atoms with E-state index in [-0.39, 0.29) is 28.2 Å². The molecule has 0 saturated carbocycles. The summed E-state index contributed by atoms with van der Waals surface area (Å²) in [6.45, 7) is 0. The van der Waals surface area contributed by atoms with Crippen molar-refractivity contribution in [3.05, 3.63) is 58.9 Å². The quantitative estimate of drug-likeness (QED) is 0.348. The van der Waals surface area contributed by atoms with Gasteiger partial charge in [0.25, 0.3) is 20.2 Å². The van der Waals surface area contributed by atoms with Gasteiger partial charge in [-0.3, -0.25) is 13.9 Å². The predicted molar refractivity (Wildman–Crippen MR) is 96.1 cm³/mol. The number of benzene rings is 2. The minimum atomic E-state index is -4.50. The van der Waals surface area contributed by atoms with Crippen molar-refractivity contribution in [2.45, 2.75) is 15.9 Å². The van der Waals surface area contributed by atoms with E-state index in [4.69, 9.17) is 9.11 Å². The highest BCUT2D eigenvalue weighted by Gasteiger charge is 2.36. The van der Waals surface area contributed by atoms with Gasteiger partial charge in [0, 0.05) is 16.8 Å². The molecule has 0 bridgehead atoms. The van der Waals surface area contributed by atoms with E-state index < -0.39 is 41.9 Å². The number of fused-ring (bicyclic) bond motifs is 2. The molecule has 12 heteroatoms. The Hall–Kier alpha value is -2.77. The second-order valence-electron chi connectivity index (χ2n) is 6.18. The average Bonchev–Trinajstić information content (AvgIpc) is 3.10. The Bertz CT molecular complexity index is 1300. The third kappa shape index (κ3) is 2.87. The second-order valence-corrected chi connectivity index (χ2v) is 9.02. The van der Waals surface area contributed by atoms with Crippen LogP contribution in [0, 0.1) is 0 Å². The Kier molecular flexibility index (Phi) is 3.89. The Morgan fingerprint density at radius 2 is 1.39 bits per heavy atom. The molecule has 0 fully saturated rings. The van der Waals surface area contributed by atoms with Gasteiger partial charge >= 0.3 is 0 Å². The number of allylic oxidation sites excluding steroid dienone is 1. The van der Waals surface area contributed by atoms with Crippen molar-refractivity contribution < 1.29 is 35.8 Å². The lowest BCUT2D eigenvalue weighted by Gasteiger charge is -2.09. The van der Waals surface area contributed by atoms with Crippen molar-refractivity contribution in [1.82, 2.24) is 0 Å². The van der Waals surface area contributed by atoms with Crippen LogP contribution in [0.15, 0.2) is 57.6 Å². The molecule has 0 spiro atoms. The summed E-state index contributed by atoms with van der Waals surface area (Å²) in [4.78, 5) is 11.8. The van der Waals surface area contributed by atoms with E-state index >= 15 is 0 Å². The van der Waals surface area contributed by atoms with Crippen molar-refractivity contribution in [3.8, 4) is 0 Å². The molecule has 1 atom stereocenters. The summed E-state index contributed by atoms with van der Waals surface area (Å²) < 4.78 is 63.5. The van der Waals surface area contributed by atoms with Crippen molar-refractivity contribution in [2.75, 3.05) is 10.6 Å². The maximum absolute atomic E-state index is 12.7. The first kappa shape index (κ1) is 18.6. The topological polar surface area (TPSA) is 170 Å². The van der Waals surface area contributed by atoms with E-state index in [1.165, 1.54) is 12.1 Å². The van der Waals surface area contributed by atoms with Crippen LogP contribution in [0.4, 0.5) is 11.4 Å². The van der Waals surface area contributed by atoms with Gasteiger partial charge in [-0.15, -0.1) is 0 Å². The molecular formula is C16H12N2O8S2. The summed E-state index contributed by atoms with van der Waals surface area (Å²) in [6.07, 6.45) is -1.39. The van der Waals surface area contributed by atoms with Gasteiger partial charge in [0.2, 0.25) is 5.78 Å². The normalized spacial score (nSPS) is 21.1. The van der Waals surface area contributed by atoms with Gasteiger partial charge in [0.15, 0.2) is 0 Å². The minimum absolute atomic E-state index is 0.0128. The van der Waals surface area contributed by atoms with E-state index in [1.54, 1.807) is 0 Å². The molecule has 0 aliphatic carbocycles. The summed E-state index contributed by atoms with van der Waals surface area (Å²) >= 11 is 0. The predicted octanol–water partition coefficient (Wildman–Crippen LogP) is 1.16. The minimum Gasteiger partial charge on any atom is -0.382 e. The van der Waals surface area contributed by atoms with Gasteiger partial charge in [0.05, 0.1) is 21.2 Å². The number of carbonyl (C=O) groups excluding carboxylic acids is 1. The maximum Gasteiger partial charge on any atom is 0.294 e. The molecule has 2 aliphatic rings. The zero-order valence-electron chi connectivity index (χ0n) is 13.7. The molecule has 2 aromatic rings. The van der Waals surface area contributed by atoms with Crippen LogP contribution in [0.3, 0.4) is 0 Å². The average molecular weight is 424 g/mol. The van der Waals surface area contributed by atoms with Crippen LogP contribution in [0.25, 0.3) is 0 Å². The number of ketones is 1. The Labute approximate surface area is 159 Å². The summed E-state index contributed by atoms with van der Waals surface area (Å²) in [5.74, 6) is -0.621. The molecule has 0 saturated heterocycles. The van der Waals surface area contributed by atoms with Crippen molar-refractivity contribution >= 4 is 37.4 Å². The van der Waals surface area contributed by atoms with E-state index in [1.807, 2.05) is 0 Å². The molecule has 2 aromatic carbocycles. The first-order valence-corrected chi connectivity index (χ1v) is 10.6. The molecule has 2 heterocycles.